The zero-order chi connectivity index (χ0) is 21.2. The molecule has 2 rings (SSSR count). The molecule has 0 unspecified atom stereocenters. The first-order chi connectivity index (χ1) is 13.9. The van der Waals surface area contributed by atoms with E-state index in [1.807, 2.05) is 19.0 Å². The van der Waals surface area contributed by atoms with Gasteiger partial charge in [0.15, 0.2) is 0 Å². The lowest BCUT2D eigenvalue weighted by atomic mass is 10.1. The SMILES string of the molecule is CN(C)CCCNC(=O)/C(=C/c1cccc([N+](=O)[O-])c1)NC(=O)c1ccccc1. The normalized spacial score (nSPS) is 11.2. The maximum Gasteiger partial charge on any atom is 0.270 e. The average Bonchev–Trinajstić information content (AvgIpc) is 2.71. The van der Waals surface area contributed by atoms with Crippen LogP contribution in [0, 0.1) is 10.1 Å². The molecule has 0 aliphatic carbocycles. The molecule has 0 spiro atoms. The molecule has 0 aliphatic heterocycles. The third-order valence-electron chi connectivity index (χ3n) is 3.99. The van der Waals surface area contributed by atoms with E-state index in [9.17, 15) is 19.7 Å². The highest BCUT2D eigenvalue weighted by Crippen LogP contribution is 2.15. The molecule has 0 radical (unpaired) electrons. The molecule has 0 aliphatic rings. The number of nitro groups is 1. The van der Waals surface area contributed by atoms with Gasteiger partial charge in [0.2, 0.25) is 0 Å². The molecular formula is C21H24N4O4. The van der Waals surface area contributed by atoms with E-state index in [0.29, 0.717) is 17.7 Å². The number of hydrogen-bond acceptors (Lipinski definition) is 5. The van der Waals surface area contributed by atoms with E-state index < -0.39 is 16.7 Å². The number of amides is 2. The molecule has 2 aromatic carbocycles. The van der Waals surface area contributed by atoms with Crippen LogP contribution in [-0.4, -0.2) is 48.8 Å². The summed E-state index contributed by atoms with van der Waals surface area (Å²) in [5.74, 6) is -0.898. The molecule has 0 atom stereocenters. The van der Waals surface area contributed by atoms with Crippen LogP contribution in [-0.2, 0) is 4.79 Å². The van der Waals surface area contributed by atoms with E-state index >= 15 is 0 Å². The topological polar surface area (TPSA) is 105 Å². The predicted molar refractivity (Wildman–Crippen MR) is 111 cm³/mol. The zero-order valence-corrected chi connectivity index (χ0v) is 16.4. The maximum absolute atomic E-state index is 12.6. The maximum atomic E-state index is 12.6. The van der Waals surface area contributed by atoms with Gasteiger partial charge in [-0.1, -0.05) is 30.3 Å². The van der Waals surface area contributed by atoms with Crippen molar-refractivity contribution in [2.45, 2.75) is 6.42 Å². The number of hydrogen-bond donors (Lipinski definition) is 2. The third kappa shape index (κ3) is 7.19. The van der Waals surface area contributed by atoms with Gasteiger partial charge in [-0.05, 0) is 50.8 Å². The Bertz CT molecular complexity index is 895. The molecule has 0 bridgehead atoms. The van der Waals surface area contributed by atoms with Crippen molar-refractivity contribution in [1.82, 2.24) is 15.5 Å². The van der Waals surface area contributed by atoms with E-state index in [1.54, 1.807) is 36.4 Å². The highest BCUT2D eigenvalue weighted by molar-refractivity contribution is 6.05. The van der Waals surface area contributed by atoms with Gasteiger partial charge >= 0.3 is 0 Å². The summed E-state index contributed by atoms with van der Waals surface area (Å²) in [5, 5.41) is 16.4. The largest absolute Gasteiger partial charge is 0.351 e. The van der Waals surface area contributed by atoms with Crippen molar-refractivity contribution in [3.63, 3.8) is 0 Å². The summed E-state index contributed by atoms with van der Waals surface area (Å²) in [7, 11) is 3.88. The fourth-order valence-corrected chi connectivity index (χ4v) is 2.53. The van der Waals surface area contributed by atoms with Crippen molar-refractivity contribution in [2.24, 2.45) is 0 Å². The number of benzene rings is 2. The van der Waals surface area contributed by atoms with Gasteiger partial charge in [-0.25, -0.2) is 0 Å². The van der Waals surface area contributed by atoms with E-state index in [0.717, 1.165) is 13.0 Å². The van der Waals surface area contributed by atoms with Gasteiger partial charge in [0.05, 0.1) is 4.92 Å². The fraction of sp³-hybridized carbons (Fsp3) is 0.238. The molecule has 2 N–H and O–H groups in total. The van der Waals surface area contributed by atoms with Crippen LogP contribution in [0.2, 0.25) is 0 Å². The Morgan fingerprint density at radius 1 is 1.10 bits per heavy atom. The number of carbonyl (C=O) groups is 2. The minimum absolute atomic E-state index is 0.0178. The predicted octanol–water partition coefficient (Wildman–Crippen LogP) is 2.43. The Balaban J connectivity index is 2.22. The summed E-state index contributed by atoms with van der Waals surface area (Å²) in [6.45, 7) is 1.24. The number of nitrogens with zero attached hydrogens (tertiary/aromatic N) is 2. The van der Waals surface area contributed by atoms with Crippen LogP contribution < -0.4 is 10.6 Å². The fourth-order valence-electron chi connectivity index (χ4n) is 2.53. The Morgan fingerprint density at radius 2 is 1.83 bits per heavy atom. The first kappa shape index (κ1) is 21.8. The summed E-state index contributed by atoms with van der Waals surface area (Å²) in [6.07, 6.45) is 2.17. The van der Waals surface area contributed by atoms with Gasteiger partial charge in [-0.3, -0.25) is 19.7 Å². The van der Waals surface area contributed by atoms with E-state index in [1.165, 1.54) is 24.3 Å². The monoisotopic (exact) mass is 396 g/mol. The highest BCUT2D eigenvalue weighted by Gasteiger charge is 2.15. The standard InChI is InChI=1S/C21H24N4O4/c1-24(2)13-7-12-22-21(27)19(23-20(26)17-9-4-3-5-10-17)15-16-8-6-11-18(14-16)25(28)29/h3-6,8-11,14-15H,7,12-13H2,1-2H3,(H,22,27)(H,23,26)/b19-15-. The molecule has 2 amide bonds. The number of rotatable bonds is 9. The Kier molecular flexibility index (Phi) is 8.05. The molecule has 152 valence electrons. The molecule has 8 heteroatoms. The van der Waals surface area contributed by atoms with Crippen molar-refractivity contribution in [3.8, 4) is 0 Å². The molecule has 0 heterocycles. The Hall–Kier alpha value is -3.52. The lowest BCUT2D eigenvalue weighted by molar-refractivity contribution is -0.384. The van der Waals surface area contributed by atoms with Crippen LogP contribution in [0.4, 0.5) is 5.69 Å². The summed E-state index contributed by atoms with van der Waals surface area (Å²) in [4.78, 5) is 37.6. The van der Waals surface area contributed by atoms with E-state index in [4.69, 9.17) is 0 Å². The van der Waals surface area contributed by atoms with E-state index in [-0.39, 0.29) is 11.4 Å². The first-order valence-electron chi connectivity index (χ1n) is 9.12. The van der Waals surface area contributed by atoms with Crippen molar-refractivity contribution < 1.29 is 14.5 Å². The van der Waals surface area contributed by atoms with Gasteiger partial charge < -0.3 is 15.5 Å². The number of nitrogens with one attached hydrogen (secondary N) is 2. The van der Waals surface area contributed by atoms with Crippen LogP contribution in [0.3, 0.4) is 0 Å². The van der Waals surface area contributed by atoms with Gasteiger partial charge in [0.25, 0.3) is 17.5 Å². The number of nitro benzene ring substituents is 1. The molecule has 0 saturated heterocycles. The zero-order valence-electron chi connectivity index (χ0n) is 16.4. The second-order valence-corrected chi connectivity index (χ2v) is 6.64. The second-order valence-electron chi connectivity index (χ2n) is 6.64. The van der Waals surface area contributed by atoms with Crippen molar-refractivity contribution in [2.75, 3.05) is 27.2 Å². The Morgan fingerprint density at radius 3 is 2.48 bits per heavy atom. The molecule has 8 nitrogen and oxygen atoms in total. The van der Waals surface area contributed by atoms with Crippen LogP contribution in [0.15, 0.2) is 60.3 Å². The molecule has 0 saturated carbocycles. The van der Waals surface area contributed by atoms with Gasteiger partial charge in [-0.2, -0.15) is 0 Å². The van der Waals surface area contributed by atoms with Crippen LogP contribution in [0.1, 0.15) is 22.3 Å². The quantitative estimate of drug-likeness (QED) is 0.293. The van der Waals surface area contributed by atoms with Crippen molar-refractivity contribution >= 4 is 23.6 Å². The summed E-state index contributed by atoms with van der Waals surface area (Å²) in [5.41, 5.74) is 0.756. The summed E-state index contributed by atoms with van der Waals surface area (Å²) >= 11 is 0. The van der Waals surface area contributed by atoms with Gasteiger partial charge in [-0.15, -0.1) is 0 Å². The van der Waals surface area contributed by atoms with Gasteiger partial charge in [0.1, 0.15) is 5.70 Å². The Labute approximate surface area is 169 Å². The lowest BCUT2D eigenvalue weighted by Crippen LogP contribution is -2.36. The molecule has 0 aromatic heterocycles. The van der Waals surface area contributed by atoms with Crippen molar-refractivity contribution in [3.05, 3.63) is 81.5 Å². The minimum Gasteiger partial charge on any atom is -0.351 e. The summed E-state index contributed by atoms with van der Waals surface area (Å²) in [6, 6.07) is 14.4. The van der Waals surface area contributed by atoms with Crippen molar-refractivity contribution in [1.29, 1.82) is 0 Å². The van der Waals surface area contributed by atoms with E-state index in [2.05, 4.69) is 10.6 Å². The summed E-state index contributed by atoms with van der Waals surface area (Å²) < 4.78 is 0. The number of carbonyl (C=O) groups excluding carboxylic acids is 2. The minimum atomic E-state index is -0.513. The van der Waals surface area contributed by atoms with Crippen LogP contribution in [0.5, 0.6) is 0 Å². The van der Waals surface area contributed by atoms with Gasteiger partial charge in [0, 0.05) is 24.2 Å². The lowest BCUT2D eigenvalue weighted by Gasteiger charge is -2.13. The molecule has 0 fully saturated rings. The number of non-ortho nitro benzene ring substituents is 1. The smallest absolute Gasteiger partial charge is 0.270 e. The molecule has 29 heavy (non-hydrogen) atoms. The van der Waals surface area contributed by atoms with Crippen LogP contribution in [0.25, 0.3) is 6.08 Å². The molecular weight excluding hydrogens is 372 g/mol. The second kappa shape index (κ2) is 10.7. The average molecular weight is 396 g/mol. The first-order valence-corrected chi connectivity index (χ1v) is 9.12. The third-order valence-corrected chi connectivity index (χ3v) is 3.99. The molecule has 2 aromatic rings. The highest BCUT2D eigenvalue weighted by atomic mass is 16.6. The van der Waals surface area contributed by atoms with Crippen LogP contribution >= 0.6 is 0 Å².